The van der Waals surface area contributed by atoms with E-state index >= 15 is 0 Å². The molecule has 1 aliphatic rings. The molecule has 1 heterocycles. The van der Waals surface area contributed by atoms with Crippen LogP contribution in [-0.2, 0) is 30.8 Å². The molecule has 1 amide bonds. The van der Waals surface area contributed by atoms with Crippen LogP contribution in [0, 0.1) is 10.1 Å². The van der Waals surface area contributed by atoms with Crippen LogP contribution in [0.3, 0.4) is 0 Å². The lowest BCUT2D eigenvalue weighted by Gasteiger charge is -2.36. The third-order valence-corrected chi connectivity index (χ3v) is 7.72. The standard InChI is InChI=1S/C25H23N3O7S/c29-24(26-19-10-12-20(13-11-19)28(31)32)17-35-25(30)16-23-22-9-5-4-6-18(22)14-15-27(23)36(33,34)21-7-2-1-3-8-21/h1-13,23H,14-17H2,(H,26,29)/t23-/m1/s1. The number of hydrogen-bond acceptors (Lipinski definition) is 7. The number of rotatable bonds is 8. The quantitative estimate of drug-likeness (QED) is 0.279. The highest BCUT2D eigenvalue weighted by molar-refractivity contribution is 7.89. The van der Waals surface area contributed by atoms with Gasteiger partial charge in [-0.3, -0.25) is 19.7 Å². The summed E-state index contributed by atoms with van der Waals surface area (Å²) in [5.41, 5.74) is 1.85. The Hall–Kier alpha value is -4.09. The molecule has 0 bridgehead atoms. The van der Waals surface area contributed by atoms with Crippen LogP contribution in [0.1, 0.15) is 23.6 Å². The maximum absolute atomic E-state index is 13.4. The maximum Gasteiger partial charge on any atom is 0.308 e. The molecular weight excluding hydrogens is 486 g/mol. The molecule has 10 nitrogen and oxygen atoms in total. The van der Waals surface area contributed by atoms with Crippen LogP contribution < -0.4 is 5.32 Å². The predicted octanol–water partition coefficient (Wildman–Crippen LogP) is 3.45. The van der Waals surface area contributed by atoms with Crippen LogP contribution in [0.2, 0.25) is 0 Å². The Bertz CT molecular complexity index is 1380. The zero-order chi connectivity index (χ0) is 25.7. The monoisotopic (exact) mass is 509 g/mol. The third-order valence-electron chi connectivity index (χ3n) is 5.80. The van der Waals surface area contributed by atoms with Crippen molar-refractivity contribution in [3.63, 3.8) is 0 Å². The number of non-ortho nitro benzene ring substituents is 1. The molecule has 0 fully saturated rings. The van der Waals surface area contributed by atoms with Crippen LogP contribution >= 0.6 is 0 Å². The molecular formula is C25H23N3O7S. The molecule has 0 aliphatic carbocycles. The summed E-state index contributed by atoms with van der Waals surface area (Å²) in [6, 6.07) is 19.8. The van der Waals surface area contributed by atoms with Crippen LogP contribution in [0.25, 0.3) is 0 Å². The summed E-state index contributed by atoms with van der Waals surface area (Å²) in [7, 11) is -3.88. The molecule has 4 rings (SSSR count). The molecule has 0 saturated heterocycles. The zero-order valence-electron chi connectivity index (χ0n) is 19.1. The van der Waals surface area contributed by atoms with E-state index in [9.17, 15) is 28.1 Å². The number of carbonyl (C=O) groups is 2. The number of sulfonamides is 1. The van der Waals surface area contributed by atoms with Gasteiger partial charge in [0.25, 0.3) is 11.6 Å². The first-order valence-electron chi connectivity index (χ1n) is 11.1. The van der Waals surface area contributed by atoms with Crippen molar-refractivity contribution in [2.45, 2.75) is 23.8 Å². The normalized spacial score (nSPS) is 15.5. The third kappa shape index (κ3) is 5.58. The van der Waals surface area contributed by atoms with Crippen LogP contribution in [0.5, 0.6) is 0 Å². The molecule has 186 valence electrons. The van der Waals surface area contributed by atoms with Crippen molar-refractivity contribution in [3.8, 4) is 0 Å². The highest BCUT2D eigenvalue weighted by Crippen LogP contribution is 2.36. The Morgan fingerprint density at radius 3 is 2.36 bits per heavy atom. The summed E-state index contributed by atoms with van der Waals surface area (Å²) >= 11 is 0. The van der Waals surface area contributed by atoms with Crippen LogP contribution in [0.4, 0.5) is 11.4 Å². The van der Waals surface area contributed by atoms with Gasteiger partial charge in [0.2, 0.25) is 10.0 Å². The van der Waals surface area contributed by atoms with E-state index < -0.39 is 39.5 Å². The Balaban J connectivity index is 1.45. The number of nitro groups is 1. The first kappa shape index (κ1) is 25.0. The molecule has 3 aromatic carbocycles. The van der Waals surface area contributed by atoms with Crippen molar-refractivity contribution in [2.24, 2.45) is 0 Å². The van der Waals surface area contributed by atoms with E-state index in [2.05, 4.69) is 5.32 Å². The number of benzene rings is 3. The number of ether oxygens (including phenoxy) is 1. The second-order valence-corrected chi connectivity index (χ2v) is 10.0. The molecule has 0 aromatic heterocycles. The van der Waals surface area contributed by atoms with Crippen LogP contribution in [0.15, 0.2) is 83.8 Å². The first-order chi connectivity index (χ1) is 17.3. The molecule has 1 atom stereocenters. The van der Waals surface area contributed by atoms with Crippen molar-refractivity contribution in [1.82, 2.24) is 4.31 Å². The van der Waals surface area contributed by atoms with Crippen molar-refractivity contribution in [1.29, 1.82) is 0 Å². The van der Waals surface area contributed by atoms with E-state index in [-0.39, 0.29) is 23.5 Å². The van der Waals surface area contributed by atoms with Gasteiger partial charge in [0.1, 0.15) is 0 Å². The fourth-order valence-corrected chi connectivity index (χ4v) is 5.71. The van der Waals surface area contributed by atoms with E-state index in [0.29, 0.717) is 12.1 Å². The van der Waals surface area contributed by atoms with Gasteiger partial charge in [-0.15, -0.1) is 0 Å². The maximum atomic E-state index is 13.4. The smallest absolute Gasteiger partial charge is 0.308 e. The van der Waals surface area contributed by atoms with Gasteiger partial charge in [-0.25, -0.2) is 8.42 Å². The van der Waals surface area contributed by atoms with Gasteiger partial charge in [0, 0.05) is 24.4 Å². The van der Waals surface area contributed by atoms with Gasteiger partial charge in [0.05, 0.1) is 22.3 Å². The van der Waals surface area contributed by atoms with Crippen molar-refractivity contribution >= 4 is 33.3 Å². The van der Waals surface area contributed by atoms with Gasteiger partial charge in [-0.1, -0.05) is 42.5 Å². The number of anilines is 1. The lowest BCUT2D eigenvalue weighted by Crippen LogP contribution is -2.41. The number of amides is 1. The summed E-state index contributed by atoms with van der Waals surface area (Å²) in [5.74, 6) is -1.36. The number of hydrogen-bond donors (Lipinski definition) is 1. The van der Waals surface area contributed by atoms with E-state index in [0.717, 1.165) is 11.1 Å². The molecule has 1 aliphatic heterocycles. The molecule has 0 unspecified atom stereocenters. The zero-order valence-corrected chi connectivity index (χ0v) is 19.9. The Morgan fingerprint density at radius 1 is 1.00 bits per heavy atom. The number of nitrogens with one attached hydrogen (secondary N) is 1. The number of carbonyl (C=O) groups excluding carboxylic acids is 2. The molecule has 36 heavy (non-hydrogen) atoms. The number of nitro benzene ring substituents is 1. The molecule has 0 spiro atoms. The fraction of sp³-hybridized carbons (Fsp3) is 0.200. The minimum atomic E-state index is -3.88. The van der Waals surface area contributed by atoms with Crippen molar-refractivity contribution in [2.75, 3.05) is 18.5 Å². The number of esters is 1. The second kappa shape index (κ2) is 10.7. The van der Waals surface area contributed by atoms with E-state index in [1.54, 1.807) is 30.3 Å². The minimum Gasteiger partial charge on any atom is -0.456 e. The average Bonchev–Trinajstić information content (AvgIpc) is 2.88. The topological polar surface area (TPSA) is 136 Å². The summed E-state index contributed by atoms with van der Waals surface area (Å²) in [6.07, 6.45) is 0.235. The van der Waals surface area contributed by atoms with E-state index in [1.807, 2.05) is 12.1 Å². The molecule has 0 radical (unpaired) electrons. The van der Waals surface area contributed by atoms with Gasteiger partial charge < -0.3 is 10.1 Å². The Labute approximate surface area is 207 Å². The second-order valence-electron chi connectivity index (χ2n) is 8.11. The first-order valence-corrected chi connectivity index (χ1v) is 12.5. The summed E-state index contributed by atoms with van der Waals surface area (Å²) in [4.78, 5) is 35.2. The summed E-state index contributed by atoms with van der Waals surface area (Å²) in [6.45, 7) is -0.386. The lowest BCUT2D eigenvalue weighted by atomic mass is 9.92. The fourth-order valence-electron chi connectivity index (χ4n) is 4.08. The minimum absolute atomic E-state index is 0.123. The van der Waals surface area contributed by atoms with Gasteiger partial charge >= 0.3 is 5.97 Å². The molecule has 1 N–H and O–H groups in total. The van der Waals surface area contributed by atoms with Gasteiger partial charge in [-0.2, -0.15) is 4.31 Å². The number of nitrogens with zero attached hydrogens (tertiary/aromatic N) is 2. The Kier molecular flexibility index (Phi) is 7.41. The molecule has 3 aromatic rings. The SMILES string of the molecule is O=C(COC(=O)C[C@@H]1c2ccccc2CCN1S(=O)(=O)c1ccccc1)Nc1ccc([N+](=O)[O-])cc1. The Morgan fingerprint density at radius 2 is 1.67 bits per heavy atom. The lowest BCUT2D eigenvalue weighted by molar-refractivity contribution is -0.384. The molecule has 0 saturated carbocycles. The van der Waals surface area contributed by atoms with Crippen molar-refractivity contribution in [3.05, 3.63) is 100 Å². The molecule has 11 heteroatoms. The largest absolute Gasteiger partial charge is 0.456 e. The van der Waals surface area contributed by atoms with E-state index in [1.165, 1.54) is 40.7 Å². The highest BCUT2D eigenvalue weighted by atomic mass is 32.2. The highest BCUT2D eigenvalue weighted by Gasteiger charge is 2.37. The van der Waals surface area contributed by atoms with Gasteiger partial charge in [0.15, 0.2) is 6.61 Å². The van der Waals surface area contributed by atoms with Gasteiger partial charge in [-0.05, 0) is 41.8 Å². The average molecular weight is 510 g/mol. The van der Waals surface area contributed by atoms with E-state index in [4.69, 9.17) is 4.74 Å². The van der Waals surface area contributed by atoms with Crippen molar-refractivity contribution < 1.29 is 27.7 Å². The number of fused-ring (bicyclic) bond motifs is 1. The summed E-state index contributed by atoms with van der Waals surface area (Å²) in [5, 5.41) is 13.2. The van der Waals surface area contributed by atoms with Crippen LogP contribution in [-0.4, -0.2) is 42.7 Å². The summed E-state index contributed by atoms with van der Waals surface area (Å²) < 4.78 is 33.2. The predicted molar refractivity (Wildman–Crippen MR) is 131 cm³/mol.